The van der Waals surface area contributed by atoms with Crippen LogP contribution in [0.15, 0.2) is 0 Å². The Morgan fingerprint density at radius 3 is 1.95 bits per heavy atom. The monoisotopic (exact) mass is 321 g/mol. The standard InChI is InChI=1S/C15H19F4NO2/c1-7-2-12(18)14(13(19)3-7)15(21)22-8-4-10(16)9(6-20)11(17)5-8/h7-14H,2-5H2,1H3. The first kappa shape index (κ1) is 17.0. The van der Waals surface area contributed by atoms with E-state index in [-0.39, 0.29) is 31.6 Å². The van der Waals surface area contributed by atoms with E-state index in [0.29, 0.717) is 0 Å². The molecule has 7 heteroatoms. The molecule has 2 aliphatic rings. The molecule has 0 amide bonds. The molecule has 2 aliphatic carbocycles. The Morgan fingerprint density at radius 2 is 1.50 bits per heavy atom. The van der Waals surface area contributed by atoms with E-state index in [9.17, 15) is 22.4 Å². The van der Waals surface area contributed by atoms with Gasteiger partial charge in [0, 0.05) is 12.8 Å². The number of hydrogen-bond donors (Lipinski definition) is 0. The number of nitrogens with zero attached hydrogens (tertiary/aromatic N) is 1. The highest BCUT2D eigenvalue weighted by atomic mass is 19.2. The normalized spacial score (nSPS) is 45.8. The van der Waals surface area contributed by atoms with Crippen molar-refractivity contribution in [3.8, 4) is 6.07 Å². The van der Waals surface area contributed by atoms with E-state index in [2.05, 4.69) is 0 Å². The van der Waals surface area contributed by atoms with Gasteiger partial charge >= 0.3 is 5.97 Å². The van der Waals surface area contributed by atoms with Gasteiger partial charge in [-0.15, -0.1) is 0 Å². The molecule has 0 heterocycles. The smallest absolute Gasteiger partial charge is 0.315 e. The van der Waals surface area contributed by atoms with Crippen molar-refractivity contribution in [3.63, 3.8) is 0 Å². The van der Waals surface area contributed by atoms with E-state index in [1.807, 2.05) is 0 Å². The number of alkyl halides is 4. The van der Waals surface area contributed by atoms with Crippen molar-refractivity contribution in [1.29, 1.82) is 5.26 Å². The molecule has 4 unspecified atom stereocenters. The quantitative estimate of drug-likeness (QED) is 0.579. The van der Waals surface area contributed by atoms with Crippen molar-refractivity contribution < 1.29 is 27.1 Å². The lowest BCUT2D eigenvalue weighted by molar-refractivity contribution is -0.166. The molecule has 0 saturated heterocycles. The molecule has 2 fully saturated rings. The highest BCUT2D eigenvalue weighted by Gasteiger charge is 2.45. The molecule has 4 atom stereocenters. The molecule has 2 rings (SSSR count). The van der Waals surface area contributed by atoms with Crippen LogP contribution in [-0.2, 0) is 9.53 Å². The van der Waals surface area contributed by atoms with E-state index in [0.717, 1.165) is 0 Å². The van der Waals surface area contributed by atoms with Crippen LogP contribution in [-0.4, -0.2) is 36.8 Å². The predicted octanol–water partition coefficient (Wildman–Crippen LogP) is 3.23. The lowest BCUT2D eigenvalue weighted by Gasteiger charge is -2.34. The van der Waals surface area contributed by atoms with Gasteiger partial charge in [-0.2, -0.15) is 5.26 Å². The highest BCUT2D eigenvalue weighted by molar-refractivity contribution is 5.74. The van der Waals surface area contributed by atoms with Crippen LogP contribution >= 0.6 is 0 Å². The maximum atomic E-state index is 13.9. The van der Waals surface area contributed by atoms with Crippen LogP contribution in [0.25, 0.3) is 0 Å². The molecule has 0 aromatic carbocycles. The third-order valence-electron chi connectivity index (χ3n) is 4.49. The van der Waals surface area contributed by atoms with E-state index in [1.165, 1.54) is 0 Å². The SMILES string of the molecule is CC1CC(F)C(C(=O)OC2CC(F)C(C#N)C(F)C2)C(F)C1. The van der Waals surface area contributed by atoms with Gasteiger partial charge in [0.15, 0.2) is 0 Å². The maximum absolute atomic E-state index is 13.9. The van der Waals surface area contributed by atoms with Crippen molar-refractivity contribution in [2.45, 2.75) is 63.4 Å². The summed E-state index contributed by atoms with van der Waals surface area (Å²) in [5.74, 6) is -4.15. The molecule has 0 aromatic heterocycles. The summed E-state index contributed by atoms with van der Waals surface area (Å²) in [4.78, 5) is 11.9. The van der Waals surface area contributed by atoms with Crippen molar-refractivity contribution in [2.24, 2.45) is 17.8 Å². The van der Waals surface area contributed by atoms with Crippen LogP contribution in [0.1, 0.15) is 32.6 Å². The van der Waals surface area contributed by atoms with E-state index in [1.54, 1.807) is 13.0 Å². The van der Waals surface area contributed by atoms with E-state index in [4.69, 9.17) is 10.00 Å². The summed E-state index contributed by atoms with van der Waals surface area (Å²) in [6.45, 7) is 1.70. The number of carbonyl (C=O) groups is 1. The van der Waals surface area contributed by atoms with Gasteiger partial charge in [0.1, 0.15) is 42.6 Å². The third kappa shape index (κ3) is 3.53. The summed E-state index contributed by atoms with van der Waals surface area (Å²) in [6.07, 6.45) is -8.38. The average Bonchev–Trinajstić information content (AvgIpc) is 2.36. The van der Waals surface area contributed by atoms with Crippen LogP contribution in [0.2, 0.25) is 0 Å². The van der Waals surface area contributed by atoms with Gasteiger partial charge in [-0.1, -0.05) is 6.92 Å². The summed E-state index contributed by atoms with van der Waals surface area (Å²) in [5.41, 5.74) is 0. The Balaban J connectivity index is 1.96. The average molecular weight is 321 g/mol. The predicted molar refractivity (Wildman–Crippen MR) is 69.7 cm³/mol. The van der Waals surface area contributed by atoms with Crippen LogP contribution in [0.5, 0.6) is 0 Å². The van der Waals surface area contributed by atoms with Gasteiger partial charge in [-0.3, -0.25) is 4.79 Å². The van der Waals surface area contributed by atoms with Crippen LogP contribution in [0, 0.1) is 29.1 Å². The minimum atomic E-state index is -1.75. The number of esters is 1. The lowest BCUT2D eigenvalue weighted by atomic mass is 9.80. The van der Waals surface area contributed by atoms with E-state index < -0.39 is 48.6 Å². The minimum Gasteiger partial charge on any atom is -0.462 e. The van der Waals surface area contributed by atoms with Crippen LogP contribution < -0.4 is 0 Å². The summed E-state index contributed by atoms with van der Waals surface area (Å²) in [6, 6.07) is 1.55. The molecule has 0 radical (unpaired) electrons. The molecule has 0 bridgehead atoms. The zero-order valence-electron chi connectivity index (χ0n) is 12.2. The summed E-state index contributed by atoms with van der Waals surface area (Å²) < 4.78 is 60.0. The number of ether oxygens (including phenoxy) is 1. The van der Waals surface area contributed by atoms with Gasteiger partial charge in [0.05, 0.1) is 6.07 Å². The summed E-state index contributed by atoms with van der Waals surface area (Å²) in [7, 11) is 0. The Labute approximate surface area is 126 Å². The van der Waals surface area contributed by atoms with Gasteiger partial charge in [0.25, 0.3) is 0 Å². The number of halogens is 4. The number of hydrogen-bond acceptors (Lipinski definition) is 3. The molecular weight excluding hydrogens is 302 g/mol. The van der Waals surface area contributed by atoms with Gasteiger partial charge < -0.3 is 4.74 Å². The zero-order chi connectivity index (χ0) is 16.4. The highest BCUT2D eigenvalue weighted by Crippen LogP contribution is 2.36. The van der Waals surface area contributed by atoms with Crippen LogP contribution in [0.4, 0.5) is 17.6 Å². The molecule has 0 N–H and O–H groups in total. The molecule has 0 aromatic rings. The minimum absolute atomic E-state index is 0.0683. The molecule has 2 saturated carbocycles. The number of rotatable bonds is 2. The first-order valence-corrected chi connectivity index (χ1v) is 7.49. The van der Waals surface area contributed by atoms with Crippen molar-refractivity contribution >= 4 is 5.97 Å². The third-order valence-corrected chi connectivity index (χ3v) is 4.49. The topological polar surface area (TPSA) is 50.1 Å². The maximum Gasteiger partial charge on any atom is 0.315 e. The lowest BCUT2D eigenvalue weighted by Crippen LogP contribution is -2.44. The van der Waals surface area contributed by atoms with Gasteiger partial charge in [-0.25, -0.2) is 17.6 Å². The Kier molecular flexibility index (Phi) is 5.30. The fourth-order valence-electron chi connectivity index (χ4n) is 3.30. The Hall–Kier alpha value is -1.32. The Morgan fingerprint density at radius 1 is 1.00 bits per heavy atom. The first-order chi connectivity index (χ1) is 10.3. The van der Waals surface area contributed by atoms with Gasteiger partial charge in [-0.05, 0) is 18.8 Å². The number of carbonyl (C=O) groups excluding carboxylic acids is 1. The molecular formula is C15H19F4NO2. The van der Waals surface area contributed by atoms with Crippen molar-refractivity contribution in [2.75, 3.05) is 0 Å². The fourth-order valence-corrected chi connectivity index (χ4v) is 3.30. The van der Waals surface area contributed by atoms with Crippen molar-refractivity contribution in [3.05, 3.63) is 0 Å². The van der Waals surface area contributed by atoms with Crippen LogP contribution in [0.3, 0.4) is 0 Å². The molecule has 0 aliphatic heterocycles. The molecule has 0 spiro atoms. The summed E-state index contributed by atoms with van der Waals surface area (Å²) >= 11 is 0. The van der Waals surface area contributed by atoms with Crippen molar-refractivity contribution in [1.82, 2.24) is 0 Å². The second-order valence-corrected chi connectivity index (χ2v) is 6.35. The Bertz CT molecular complexity index is 431. The van der Waals surface area contributed by atoms with Gasteiger partial charge in [0.2, 0.25) is 0 Å². The molecule has 3 nitrogen and oxygen atoms in total. The zero-order valence-corrected chi connectivity index (χ0v) is 12.2. The molecule has 124 valence electrons. The summed E-state index contributed by atoms with van der Waals surface area (Å²) in [5, 5.41) is 8.66. The first-order valence-electron chi connectivity index (χ1n) is 7.49. The van der Waals surface area contributed by atoms with E-state index >= 15 is 0 Å². The second kappa shape index (κ2) is 6.84. The molecule has 22 heavy (non-hydrogen) atoms. The fraction of sp³-hybridized carbons (Fsp3) is 0.867. The number of nitriles is 1. The largest absolute Gasteiger partial charge is 0.462 e. The second-order valence-electron chi connectivity index (χ2n) is 6.35.